The number of hydrogen-bond donors (Lipinski definition) is 1. The number of nitrogens with zero attached hydrogens (tertiary/aromatic N) is 2. The lowest BCUT2D eigenvalue weighted by Crippen LogP contribution is -2.47. The van der Waals surface area contributed by atoms with Crippen molar-refractivity contribution in [1.29, 1.82) is 0 Å². The Labute approximate surface area is 159 Å². The van der Waals surface area contributed by atoms with Gasteiger partial charge in [0.05, 0.1) is 15.9 Å². The minimum atomic E-state index is -3.57. The van der Waals surface area contributed by atoms with Crippen LogP contribution in [-0.2, 0) is 14.8 Å². The second-order valence-electron chi connectivity index (χ2n) is 7.34. The van der Waals surface area contributed by atoms with Gasteiger partial charge in [0.25, 0.3) is 5.91 Å². The molecule has 1 N–H and O–H groups in total. The number of nitrogens with one attached hydrogen (secondary N) is 1. The highest BCUT2D eigenvalue weighted by Crippen LogP contribution is 2.40. The highest BCUT2D eigenvalue weighted by atomic mass is 32.2. The maximum absolute atomic E-state index is 13.0. The van der Waals surface area contributed by atoms with E-state index in [0.29, 0.717) is 35.8 Å². The molecule has 1 aromatic rings. The van der Waals surface area contributed by atoms with Crippen LogP contribution in [0.15, 0.2) is 16.3 Å². The summed E-state index contributed by atoms with van der Waals surface area (Å²) in [5.41, 5.74) is 0. The summed E-state index contributed by atoms with van der Waals surface area (Å²) < 4.78 is 33.3. The van der Waals surface area contributed by atoms with Crippen LogP contribution in [0.2, 0.25) is 0 Å². The number of sulfonamides is 1. The van der Waals surface area contributed by atoms with Crippen molar-refractivity contribution in [3.63, 3.8) is 0 Å². The van der Waals surface area contributed by atoms with Gasteiger partial charge in [0.1, 0.15) is 0 Å². The van der Waals surface area contributed by atoms with E-state index in [2.05, 4.69) is 10.2 Å². The van der Waals surface area contributed by atoms with Crippen molar-refractivity contribution in [3.8, 4) is 0 Å². The number of rotatable bonds is 5. The predicted octanol–water partition coefficient (Wildman–Crippen LogP) is 1.08. The summed E-state index contributed by atoms with van der Waals surface area (Å²) in [5.74, 6) is 0.409. The van der Waals surface area contributed by atoms with Gasteiger partial charge in [-0.25, -0.2) is 8.42 Å². The largest absolute Gasteiger partial charge is 0.380 e. The molecule has 0 spiro atoms. The van der Waals surface area contributed by atoms with Gasteiger partial charge in [0.15, 0.2) is 0 Å². The summed E-state index contributed by atoms with van der Waals surface area (Å²) in [6, 6.07) is 1.78. The summed E-state index contributed by atoms with van der Waals surface area (Å²) in [6.45, 7) is 1.07. The third kappa shape index (κ3) is 3.55. The second kappa shape index (κ2) is 7.55. The number of hydrogen-bond acceptors (Lipinski definition) is 6. The van der Waals surface area contributed by atoms with Crippen LogP contribution in [0.1, 0.15) is 22.5 Å². The van der Waals surface area contributed by atoms with Gasteiger partial charge in [0.2, 0.25) is 10.0 Å². The Hall–Kier alpha value is -1.00. The molecule has 1 aromatic heterocycles. The molecule has 26 heavy (non-hydrogen) atoms. The van der Waals surface area contributed by atoms with E-state index in [1.807, 2.05) is 14.1 Å². The average Bonchev–Trinajstić information content (AvgIpc) is 3.26. The smallest absolute Gasteiger partial charge is 0.261 e. The molecule has 1 amide bonds. The minimum Gasteiger partial charge on any atom is -0.380 e. The van der Waals surface area contributed by atoms with Crippen LogP contribution >= 0.6 is 11.3 Å². The van der Waals surface area contributed by atoms with E-state index >= 15 is 0 Å². The third-order valence-corrected chi connectivity index (χ3v) is 8.57. The first kappa shape index (κ1) is 19.8. The van der Waals surface area contributed by atoms with Gasteiger partial charge in [-0.05, 0) is 44.8 Å². The Morgan fingerprint density at radius 3 is 2.54 bits per heavy atom. The fourth-order valence-corrected chi connectivity index (χ4v) is 6.95. The van der Waals surface area contributed by atoms with Crippen molar-refractivity contribution >= 4 is 27.3 Å². The summed E-state index contributed by atoms with van der Waals surface area (Å²) in [5, 5.41) is 4.09. The highest BCUT2D eigenvalue weighted by Gasteiger charge is 2.46. The van der Waals surface area contributed by atoms with Crippen LogP contribution in [0.5, 0.6) is 0 Å². The highest BCUT2D eigenvalue weighted by molar-refractivity contribution is 7.89. The number of amides is 1. The zero-order chi connectivity index (χ0) is 19.1. The Morgan fingerprint density at radius 1 is 1.31 bits per heavy atom. The molecular weight excluding hydrogens is 374 g/mol. The summed E-state index contributed by atoms with van der Waals surface area (Å²) in [4.78, 5) is 14.5. The molecule has 2 heterocycles. The lowest BCUT2D eigenvalue weighted by molar-refractivity contribution is -0.0209. The Kier molecular flexibility index (Phi) is 5.74. The lowest BCUT2D eigenvalue weighted by atomic mass is 9.77. The lowest BCUT2D eigenvalue weighted by Gasteiger charge is -2.40. The number of ether oxygens (including phenoxy) is 1. The number of thiophene rings is 1. The van der Waals surface area contributed by atoms with Crippen LogP contribution in [0.25, 0.3) is 0 Å². The van der Waals surface area contributed by atoms with Crippen molar-refractivity contribution in [2.75, 3.05) is 41.3 Å². The Bertz CT molecular complexity index is 762. The molecule has 0 aromatic carbocycles. The predicted molar refractivity (Wildman–Crippen MR) is 101 cm³/mol. The average molecular weight is 402 g/mol. The van der Waals surface area contributed by atoms with Crippen LogP contribution in [-0.4, -0.2) is 77.0 Å². The molecule has 0 bridgehead atoms. The van der Waals surface area contributed by atoms with Crippen molar-refractivity contribution < 1.29 is 17.9 Å². The SMILES string of the molecule is CNC(=O)c1cc(S(=O)(=O)N2C[C@H]3C[C@@H](N(C)C)[C@H](OC)C[C@H]3C2)cs1. The van der Waals surface area contributed by atoms with Crippen molar-refractivity contribution in [2.45, 2.75) is 29.9 Å². The molecule has 3 rings (SSSR count). The van der Waals surface area contributed by atoms with E-state index in [1.165, 1.54) is 13.1 Å². The number of likely N-dealkylation sites (N-methyl/N-ethyl adjacent to an activating group) is 1. The van der Waals surface area contributed by atoms with E-state index in [1.54, 1.807) is 16.8 Å². The monoisotopic (exact) mass is 401 g/mol. The number of carbonyl (C=O) groups is 1. The van der Waals surface area contributed by atoms with Crippen molar-refractivity contribution in [1.82, 2.24) is 14.5 Å². The van der Waals surface area contributed by atoms with Crippen molar-refractivity contribution in [3.05, 3.63) is 16.3 Å². The number of fused-ring (bicyclic) bond motifs is 1. The molecule has 1 aliphatic carbocycles. The first-order chi connectivity index (χ1) is 12.3. The molecule has 7 nitrogen and oxygen atoms in total. The Morgan fingerprint density at radius 2 is 1.96 bits per heavy atom. The molecule has 0 unspecified atom stereocenters. The number of methoxy groups -OCH3 is 1. The molecular formula is C17H27N3O4S2. The normalized spacial score (nSPS) is 29.7. The van der Waals surface area contributed by atoms with E-state index in [0.717, 1.165) is 24.2 Å². The van der Waals surface area contributed by atoms with E-state index < -0.39 is 10.0 Å². The quantitative estimate of drug-likeness (QED) is 0.799. The Balaban J connectivity index is 1.77. The molecule has 1 aliphatic heterocycles. The fourth-order valence-electron chi connectivity index (χ4n) is 4.19. The third-order valence-electron chi connectivity index (χ3n) is 5.68. The molecule has 146 valence electrons. The van der Waals surface area contributed by atoms with Crippen LogP contribution in [0, 0.1) is 11.8 Å². The van der Waals surface area contributed by atoms with E-state index in [-0.39, 0.29) is 16.9 Å². The van der Waals surface area contributed by atoms with Crippen LogP contribution in [0.3, 0.4) is 0 Å². The van der Waals surface area contributed by atoms with Gasteiger partial charge < -0.3 is 15.0 Å². The van der Waals surface area contributed by atoms with Crippen LogP contribution in [0.4, 0.5) is 0 Å². The van der Waals surface area contributed by atoms with Gasteiger partial charge in [-0.3, -0.25) is 4.79 Å². The molecule has 2 aliphatic rings. The summed E-state index contributed by atoms with van der Waals surface area (Å²) >= 11 is 1.16. The topological polar surface area (TPSA) is 79.0 Å². The number of carbonyl (C=O) groups excluding carboxylic acids is 1. The van der Waals surface area contributed by atoms with E-state index in [9.17, 15) is 13.2 Å². The molecule has 0 radical (unpaired) electrons. The molecule has 9 heteroatoms. The molecule has 1 saturated heterocycles. The standard InChI is InChI=1S/C17H27N3O4S2/c1-18-17(21)16-7-13(10-25-16)26(22,23)20-8-11-5-14(19(2)3)15(24-4)6-12(11)9-20/h7,10-12,14-15H,5-6,8-9H2,1-4H3,(H,18,21)/t11-,12+,14-,15-/m1/s1. The van der Waals surface area contributed by atoms with Gasteiger partial charge in [-0.2, -0.15) is 4.31 Å². The maximum Gasteiger partial charge on any atom is 0.261 e. The van der Waals surface area contributed by atoms with Gasteiger partial charge >= 0.3 is 0 Å². The maximum atomic E-state index is 13.0. The van der Waals surface area contributed by atoms with Gasteiger partial charge in [-0.1, -0.05) is 0 Å². The van der Waals surface area contributed by atoms with Crippen LogP contribution < -0.4 is 5.32 Å². The first-order valence-corrected chi connectivity index (χ1v) is 11.1. The fraction of sp³-hybridized carbons (Fsp3) is 0.706. The molecule has 4 atom stereocenters. The van der Waals surface area contributed by atoms with E-state index in [4.69, 9.17) is 4.74 Å². The zero-order valence-electron chi connectivity index (χ0n) is 15.6. The molecule has 2 fully saturated rings. The summed E-state index contributed by atoms with van der Waals surface area (Å²) in [6.07, 6.45) is 1.95. The minimum absolute atomic E-state index is 0.134. The second-order valence-corrected chi connectivity index (χ2v) is 10.2. The van der Waals surface area contributed by atoms with Gasteiger partial charge in [-0.15, -0.1) is 11.3 Å². The first-order valence-electron chi connectivity index (χ1n) is 8.78. The zero-order valence-corrected chi connectivity index (χ0v) is 17.3. The van der Waals surface area contributed by atoms with Crippen molar-refractivity contribution in [2.24, 2.45) is 11.8 Å². The summed E-state index contributed by atoms with van der Waals surface area (Å²) in [7, 11) is 3.79. The molecule has 1 saturated carbocycles. The van der Waals surface area contributed by atoms with Gasteiger partial charge in [0, 0.05) is 38.7 Å².